The van der Waals surface area contributed by atoms with Crippen molar-refractivity contribution in [2.24, 2.45) is 11.7 Å². The Morgan fingerprint density at radius 3 is 1.89 bits per heavy atom. The Balaban J connectivity index is 1.14. The summed E-state index contributed by atoms with van der Waals surface area (Å²) in [5, 5.41) is 14.3. The van der Waals surface area contributed by atoms with E-state index in [4.69, 9.17) is 5.73 Å². The van der Waals surface area contributed by atoms with Crippen LogP contribution in [-0.2, 0) is 41.6 Å². The first-order valence-electron chi connectivity index (χ1n) is 23.8. The third-order valence-electron chi connectivity index (χ3n) is 15.0. The first kappa shape index (κ1) is 43.5. The van der Waals surface area contributed by atoms with Gasteiger partial charge in [0.2, 0.25) is 35.4 Å². The largest absolute Gasteiger partial charge is 0.361 e. The van der Waals surface area contributed by atoms with Gasteiger partial charge in [-0.2, -0.15) is 0 Å². The smallest absolute Gasteiger partial charge is 0.246 e. The molecule has 3 aliphatic heterocycles. The summed E-state index contributed by atoms with van der Waals surface area (Å²) in [6, 6.07) is 10.3. The number of para-hydroxylation sites is 2. The topological polar surface area (TPSA) is 215 Å². The van der Waals surface area contributed by atoms with Gasteiger partial charge in [0.25, 0.3) is 0 Å². The van der Waals surface area contributed by atoms with Crippen molar-refractivity contribution in [3.05, 3.63) is 72.1 Å². The van der Waals surface area contributed by atoms with Gasteiger partial charge in [-0.05, 0) is 87.1 Å². The first-order chi connectivity index (χ1) is 31.1. The van der Waals surface area contributed by atoms with E-state index in [9.17, 15) is 14.4 Å². The van der Waals surface area contributed by atoms with Crippen LogP contribution < -0.4 is 27.0 Å². The van der Waals surface area contributed by atoms with E-state index in [2.05, 4.69) is 31.2 Å². The Morgan fingerprint density at radius 2 is 1.22 bits per heavy atom. The number of amides is 6. The number of nitrogens with zero attached hydrogens (tertiary/aromatic N) is 2. The molecule has 0 bridgehead atoms. The van der Waals surface area contributed by atoms with Crippen molar-refractivity contribution in [3.63, 3.8) is 0 Å². The molecule has 4 aromatic rings. The molecule has 0 radical (unpaired) electrons. The van der Waals surface area contributed by atoms with E-state index in [1.165, 1.54) is 0 Å². The number of carbonyl (C=O) groups excluding carboxylic acids is 6. The molecule has 5 fully saturated rings. The lowest BCUT2D eigenvalue weighted by Crippen LogP contribution is -2.66. The summed E-state index contributed by atoms with van der Waals surface area (Å²) >= 11 is 0. The zero-order valence-electron chi connectivity index (χ0n) is 36.7. The summed E-state index contributed by atoms with van der Waals surface area (Å²) < 4.78 is 0. The van der Waals surface area contributed by atoms with Crippen LogP contribution in [0.3, 0.4) is 0 Å². The number of benzene rings is 2. The van der Waals surface area contributed by atoms with Gasteiger partial charge in [0.15, 0.2) is 0 Å². The molecule has 15 nitrogen and oxygen atoms in total. The number of aromatic amines is 2. The number of H-pyrrole nitrogens is 2. The van der Waals surface area contributed by atoms with E-state index >= 15 is 14.4 Å². The minimum atomic E-state index is -1.41. The standard InChI is InChI=1S/C49H63N9O6/c50-23-20-37-46(62)57-24-12-19-41(57)47(63)58-40-18-9-4-13-30(40)27-42(58)45(61)54-39(26-32-29-52-36-17-8-6-15-34(32)36)44(60)56-49(21-10-2-1-3-11-22-49)48(64)55-38(43(59)53-37)25-31-28-51-35-16-7-5-14-33(31)35/h5-8,14-17,28-30,37-42,51-52H,1-4,9-13,18-27,50H2,(H,53,59)(H,54,61)(H,55,64)(H,56,60)/t30-,37+,38+,39+,40-,41-,42-/m1/s1. The van der Waals surface area contributed by atoms with Gasteiger partial charge in [-0.1, -0.05) is 81.3 Å². The fraction of sp³-hybridized carbons (Fsp3) is 0.551. The van der Waals surface area contributed by atoms with Crippen LogP contribution in [-0.4, -0.2) is 110 Å². The highest BCUT2D eigenvalue weighted by molar-refractivity contribution is 6.00. The molecule has 5 heterocycles. The molecule has 2 saturated carbocycles. The van der Waals surface area contributed by atoms with E-state index in [0.29, 0.717) is 51.5 Å². The van der Waals surface area contributed by atoms with Crippen LogP contribution in [0.15, 0.2) is 60.9 Å². The van der Waals surface area contributed by atoms with Crippen LogP contribution in [0.25, 0.3) is 21.8 Å². The summed E-state index contributed by atoms with van der Waals surface area (Å²) in [5.41, 5.74) is 8.08. The molecule has 9 rings (SSSR count). The van der Waals surface area contributed by atoms with Crippen LogP contribution in [0.2, 0.25) is 0 Å². The Morgan fingerprint density at radius 1 is 0.609 bits per heavy atom. The van der Waals surface area contributed by atoms with E-state index in [-0.39, 0.29) is 43.7 Å². The first-order valence-corrected chi connectivity index (χ1v) is 23.8. The van der Waals surface area contributed by atoms with Gasteiger partial charge in [-0.15, -0.1) is 0 Å². The normalized spacial score (nSPS) is 28.6. The third kappa shape index (κ3) is 8.62. The zero-order valence-corrected chi connectivity index (χ0v) is 36.7. The van der Waals surface area contributed by atoms with Crippen LogP contribution >= 0.6 is 0 Å². The molecule has 7 atom stereocenters. The molecule has 340 valence electrons. The van der Waals surface area contributed by atoms with Crippen molar-refractivity contribution in [2.75, 3.05) is 13.1 Å². The highest BCUT2D eigenvalue weighted by Gasteiger charge is 2.52. The number of aromatic nitrogens is 2. The monoisotopic (exact) mass is 873 g/mol. The van der Waals surface area contributed by atoms with Crippen molar-refractivity contribution < 1.29 is 28.8 Å². The number of nitrogens with one attached hydrogen (secondary N) is 6. The lowest BCUT2D eigenvalue weighted by Gasteiger charge is -2.39. The maximum absolute atomic E-state index is 15.2. The van der Waals surface area contributed by atoms with Crippen molar-refractivity contribution >= 4 is 57.2 Å². The van der Waals surface area contributed by atoms with Crippen molar-refractivity contribution in [1.29, 1.82) is 0 Å². The Kier molecular flexibility index (Phi) is 12.8. The third-order valence-corrected chi connectivity index (χ3v) is 15.0. The van der Waals surface area contributed by atoms with Crippen molar-refractivity contribution in [3.8, 4) is 0 Å². The molecule has 8 N–H and O–H groups in total. The molecule has 2 aromatic carbocycles. The molecule has 0 unspecified atom stereocenters. The van der Waals surface area contributed by atoms with Gasteiger partial charge in [-0.3, -0.25) is 28.8 Å². The average Bonchev–Trinajstić information content (AvgIpc) is 4.11. The second-order valence-electron chi connectivity index (χ2n) is 19.0. The molecule has 5 aliphatic rings. The van der Waals surface area contributed by atoms with Crippen LogP contribution in [0.4, 0.5) is 0 Å². The van der Waals surface area contributed by atoms with E-state index in [0.717, 1.165) is 77.9 Å². The van der Waals surface area contributed by atoms with Gasteiger partial charge in [0.1, 0.15) is 35.7 Å². The Labute approximate surface area is 373 Å². The molecular formula is C49H63N9O6. The molecule has 3 saturated heterocycles. The highest BCUT2D eigenvalue weighted by atomic mass is 16.2. The maximum Gasteiger partial charge on any atom is 0.246 e. The molecule has 2 aromatic heterocycles. The van der Waals surface area contributed by atoms with Gasteiger partial charge >= 0.3 is 0 Å². The van der Waals surface area contributed by atoms with Crippen LogP contribution in [0.1, 0.15) is 107 Å². The number of fused-ring (bicyclic) bond motifs is 6. The van der Waals surface area contributed by atoms with Gasteiger partial charge in [-0.25, -0.2) is 0 Å². The summed E-state index contributed by atoms with van der Waals surface area (Å²) in [4.78, 5) is 99.8. The second-order valence-corrected chi connectivity index (χ2v) is 19.0. The SMILES string of the molecule is NCC[C@@H]1NC(=O)[C@H](Cc2c[nH]c3ccccc23)NC(=O)C2(CCCCCCC2)NC(=O)[C@H](Cc2c[nH]c3ccccc23)NC(=O)[C@H]2C[C@H]3CCCC[C@H]3N2C(=O)[C@H]2CCCN2C1=O. The Bertz CT molecular complexity index is 2380. The van der Waals surface area contributed by atoms with Crippen molar-refractivity contribution in [2.45, 2.75) is 151 Å². The number of hydrogen-bond acceptors (Lipinski definition) is 7. The predicted molar refractivity (Wildman–Crippen MR) is 242 cm³/mol. The average molecular weight is 874 g/mol. The molecule has 15 heteroatoms. The Hall–Kier alpha value is -5.70. The van der Waals surface area contributed by atoms with Gasteiger partial charge in [0.05, 0.1) is 0 Å². The summed E-state index contributed by atoms with van der Waals surface area (Å²) in [7, 11) is 0. The lowest BCUT2D eigenvalue weighted by atomic mass is 9.82. The molecule has 6 amide bonds. The highest BCUT2D eigenvalue weighted by Crippen LogP contribution is 2.41. The van der Waals surface area contributed by atoms with Crippen LogP contribution in [0.5, 0.6) is 0 Å². The summed E-state index contributed by atoms with van der Waals surface area (Å²) in [5.74, 6) is -2.53. The predicted octanol–water partition coefficient (Wildman–Crippen LogP) is 4.00. The van der Waals surface area contributed by atoms with Gasteiger partial charge < -0.3 is 46.8 Å². The van der Waals surface area contributed by atoms with E-state index < -0.39 is 65.3 Å². The zero-order chi connectivity index (χ0) is 44.4. The minimum Gasteiger partial charge on any atom is -0.361 e. The summed E-state index contributed by atoms with van der Waals surface area (Å²) in [6.07, 6.45) is 13.8. The minimum absolute atomic E-state index is 0.0929. The molecule has 2 aliphatic carbocycles. The number of hydrogen-bond donors (Lipinski definition) is 7. The van der Waals surface area contributed by atoms with E-state index in [1.807, 2.05) is 60.9 Å². The number of carbonyl (C=O) groups is 6. The van der Waals surface area contributed by atoms with E-state index in [1.54, 1.807) is 9.80 Å². The van der Waals surface area contributed by atoms with Gasteiger partial charge in [0, 0.05) is 59.6 Å². The quantitative estimate of drug-likeness (QED) is 0.151. The maximum atomic E-state index is 15.2. The molecular weight excluding hydrogens is 811 g/mol. The number of nitrogens with two attached hydrogens (primary N) is 1. The second kappa shape index (κ2) is 18.8. The fourth-order valence-corrected chi connectivity index (χ4v) is 11.6. The number of rotatable bonds is 6. The summed E-state index contributed by atoms with van der Waals surface area (Å²) in [6.45, 7) is 0.408. The van der Waals surface area contributed by atoms with Crippen LogP contribution in [0, 0.1) is 5.92 Å². The van der Waals surface area contributed by atoms with Crippen molar-refractivity contribution in [1.82, 2.24) is 41.0 Å². The fourth-order valence-electron chi connectivity index (χ4n) is 11.6. The molecule has 64 heavy (non-hydrogen) atoms. The molecule has 1 spiro atoms. The lowest BCUT2D eigenvalue weighted by molar-refractivity contribution is -0.150.